The van der Waals surface area contributed by atoms with Crippen LogP contribution in [0.3, 0.4) is 0 Å². The van der Waals surface area contributed by atoms with Gasteiger partial charge in [-0.1, -0.05) is 38.0 Å². The minimum atomic E-state index is -0.401. The van der Waals surface area contributed by atoms with Gasteiger partial charge in [-0.15, -0.1) is 0 Å². The Morgan fingerprint density at radius 3 is 2.92 bits per heavy atom. The average Bonchev–Trinajstić information content (AvgIpc) is 3.04. The van der Waals surface area contributed by atoms with E-state index in [1.807, 2.05) is 4.90 Å². The first-order valence-corrected chi connectivity index (χ1v) is 9.84. The molecule has 3 N–H and O–H groups in total. The summed E-state index contributed by atoms with van der Waals surface area (Å²) in [6, 6.07) is 6.73. The molecule has 4 heteroatoms. The first kappa shape index (κ1) is 18.4. The lowest BCUT2D eigenvalue weighted by atomic mass is 9.89. The summed E-state index contributed by atoms with van der Waals surface area (Å²) in [4.78, 5) is 14.4. The van der Waals surface area contributed by atoms with E-state index in [1.54, 1.807) is 0 Å². The van der Waals surface area contributed by atoms with Gasteiger partial charge in [0.25, 0.3) is 0 Å². The smallest absolute Gasteiger partial charge is 0.222 e. The van der Waals surface area contributed by atoms with Gasteiger partial charge in [-0.2, -0.15) is 0 Å². The molecule has 2 atom stereocenters. The zero-order chi connectivity index (χ0) is 17.9. The van der Waals surface area contributed by atoms with Crippen LogP contribution in [0.15, 0.2) is 18.2 Å². The molecule has 4 nitrogen and oxygen atoms in total. The number of amides is 1. The summed E-state index contributed by atoms with van der Waals surface area (Å²) in [5.74, 6) is 0.756. The highest BCUT2D eigenvalue weighted by Gasteiger charge is 2.36. The van der Waals surface area contributed by atoms with Crippen molar-refractivity contribution in [3.63, 3.8) is 0 Å². The van der Waals surface area contributed by atoms with Gasteiger partial charge in [0.15, 0.2) is 0 Å². The highest BCUT2D eigenvalue weighted by atomic mass is 16.3. The highest BCUT2D eigenvalue weighted by Crippen LogP contribution is 2.40. The van der Waals surface area contributed by atoms with Gasteiger partial charge in [-0.05, 0) is 54.7 Å². The molecule has 1 amide bonds. The van der Waals surface area contributed by atoms with Crippen molar-refractivity contribution in [2.24, 2.45) is 5.73 Å². The molecule has 1 aliphatic heterocycles. The maximum absolute atomic E-state index is 12.4. The number of carbonyl (C=O) groups is 1. The molecule has 25 heavy (non-hydrogen) atoms. The summed E-state index contributed by atoms with van der Waals surface area (Å²) in [5, 5.41) is 9.48. The number of benzene rings is 1. The molecule has 1 saturated carbocycles. The van der Waals surface area contributed by atoms with Crippen molar-refractivity contribution in [1.29, 1.82) is 0 Å². The van der Waals surface area contributed by atoms with Crippen molar-refractivity contribution in [2.45, 2.75) is 76.3 Å². The summed E-state index contributed by atoms with van der Waals surface area (Å²) in [5.41, 5.74) is 9.85. The molecule has 0 radical (unpaired) electrons. The Labute approximate surface area is 151 Å². The van der Waals surface area contributed by atoms with Crippen molar-refractivity contribution in [3.8, 4) is 0 Å². The molecule has 2 unspecified atom stereocenters. The van der Waals surface area contributed by atoms with Crippen LogP contribution in [0.4, 0.5) is 0 Å². The van der Waals surface area contributed by atoms with E-state index in [1.165, 1.54) is 16.7 Å². The quantitative estimate of drug-likeness (QED) is 0.779. The first-order valence-electron chi connectivity index (χ1n) is 9.84. The van der Waals surface area contributed by atoms with Crippen molar-refractivity contribution in [3.05, 3.63) is 34.9 Å². The topological polar surface area (TPSA) is 66.6 Å². The van der Waals surface area contributed by atoms with Gasteiger partial charge < -0.3 is 15.7 Å². The SMILES string of the molecule is CCCCCC(=O)N1CCc2cc(C3CCC(N)(CO)C3)ccc2C1. The maximum Gasteiger partial charge on any atom is 0.222 e. The lowest BCUT2D eigenvalue weighted by Gasteiger charge is -2.30. The molecule has 1 aromatic carbocycles. The van der Waals surface area contributed by atoms with E-state index in [-0.39, 0.29) is 6.61 Å². The van der Waals surface area contributed by atoms with Crippen LogP contribution in [0.2, 0.25) is 0 Å². The van der Waals surface area contributed by atoms with Crippen molar-refractivity contribution in [2.75, 3.05) is 13.2 Å². The number of aliphatic hydroxyl groups excluding tert-OH is 1. The summed E-state index contributed by atoms with van der Waals surface area (Å²) in [6.45, 7) is 3.83. The van der Waals surface area contributed by atoms with Gasteiger partial charge in [0.2, 0.25) is 5.91 Å². The lowest BCUT2D eigenvalue weighted by molar-refractivity contribution is -0.132. The van der Waals surface area contributed by atoms with Crippen molar-refractivity contribution in [1.82, 2.24) is 4.90 Å². The van der Waals surface area contributed by atoms with Gasteiger partial charge >= 0.3 is 0 Å². The summed E-state index contributed by atoms with van der Waals surface area (Å²) < 4.78 is 0. The van der Waals surface area contributed by atoms with Crippen LogP contribution in [0, 0.1) is 0 Å². The molecule has 0 saturated heterocycles. The van der Waals surface area contributed by atoms with Crippen molar-refractivity contribution < 1.29 is 9.90 Å². The van der Waals surface area contributed by atoms with Gasteiger partial charge in [0.05, 0.1) is 6.61 Å². The average molecular weight is 344 g/mol. The molecule has 1 fully saturated rings. The molecule has 0 bridgehead atoms. The number of unbranched alkanes of at least 4 members (excludes halogenated alkanes) is 2. The van der Waals surface area contributed by atoms with Gasteiger partial charge in [-0.25, -0.2) is 0 Å². The molecule has 138 valence electrons. The second-order valence-corrected chi connectivity index (χ2v) is 8.01. The van der Waals surface area contributed by atoms with Gasteiger partial charge in [-0.3, -0.25) is 4.79 Å². The van der Waals surface area contributed by atoms with E-state index >= 15 is 0 Å². The summed E-state index contributed by atoms with van der Waals surface area (Å²) in [7, 11) is 0. The third-order valence-electron chi connectivity index (χ3n) is 6.02. The number of rotatable bonds is 6. The maximum atomic E-state index is 12.4. The zero-order valence-electron chi connectivity index (χ0n) is 15.5. The number of fused-ring (bicyclic) bond motifs is 1. The number of aliphatic hydroxyl groups is 1. The van der Waals surface area contributed by atoms with E-state index in [0.717, 1.165) is 58.0 Å². The molecular formula is C21H32N2O2. The van der Waals surface area contributed by atoms with Crippen LogP contribution in [0.25, 0.3) is 0 Å². The Kier molecular flexibility index (Phi) is 5.80. The molecule has 1 aliphatic carbocycles. The Morgan fingerprint density at radius 1 is 1.36 bits per heavy atom. The van der Waals surface area contributed by atoms with Crippen LogP contribution in [-0.4, -0.2) is 34.6 Å². The van der Waals surface area contributed by atoms with E-state index in [4.69, 9.17) is 5.73 Å². The number of carbonyl (C=O) groups excluding carboxylic acids is 1. The number of hydrogen-bond acceptors (Lipinski definition) is 3. The molecule has 2 aliphatic rings. The molecule has 1 heterocycles. The molecule has 1 aromatic rings. The zero-order valence-corrected chi connectivity index (χ0v) is 15.5. The van der Waals surface area contributed by atoms with E-state index < -0.39 is 5.54 Å². The summed E-state index contributed by atoms with van der Waals surface area (Å²) in [6.07, 6.45) is 7.74. The van der Waals surface area contributed by atoms with Crippen LogP contribution in [0.5, 0.6) is 0 Å². The van der Waals surface area contributed by atoms with Gasteiger partial charge in [0, 0.05) is 25.0 Å². The lowest BCUT2D eigenvalue weighted by Crippen LogP contribution is -2.40. The highest BCUT2D eigenvalue weighted by molar-refractivity contribution is 5.76. The van der Waals surface area contributed by atoms with Crippen LogP contribution in [0.1, 0.15) is 74.5 Å². The molecular weight excluding hydrogens is 312 g/mol. The van der Waals surface area contributed by atoms with Crippen LogP contribution >= 0.6 is 0 Å². The first-order chi connectivity index (χ1) is 12.0. The van der Waals surface area contributed by atoms with Gasteiger partial charge in [0.1, 0.15) is 0 Å². The minimum Gasteiger partial charge on any atom is -0.394 e. The molecule has 0 aromatic heterocycles. The second kappa shape index (κ2) is 7.88. The van der Waals surface area contributed by atoms with E-state index in [9.17, 15) is 9.90 Å². The fourth-order valence-electron chi connectivity index (χ4n) is 4.31. The Hall–Kier alpha value is -1.39. The largest absolute Gasteiger partial charge is 0.394 e. The van der Waals surface area contributed by atoms with E-state index in [0.29, 0.717) is 18.2 Å². The fraction of sp³-hybridized carbons (Fsp3) is 0.667. The Bertz CT molecular complexity index is 616. The Morgan fingerprint density at radius 2 is 2.20 bits per heavy atom. The number of nitrogens with zero attached hydrogens (tertiary/aromatic N) is 1. The molecule has 3 rings (SSSR count). The normalized spacial score (nSPS) is 25.9. The number of nitrogens with two attached hydrogens (primary N) is 1. The summed E-state index contributed by atoms with van der Waals surface area (Å²) >= 11 is 0. The van der Waals surface area contributed by atoms with E-state index in [2.05, 4.69) is 25.1 Å². The molecule has 0 spiro atoms. The number of hydrogen-bond donors (Lipinski definition) is 2. The van der Waals surface area contributed by atoms with Crippen LogP contribution < -0.4 is 5.73 Å². The minimum absolute atomic E-state index is 0.0730. The monoisotopic (exact) mass is 344 g/mol. The van der Waals surface area contributed by atoms with Crippen molar-refractivity contribution >= 4 is 5.91 Å². The standard InChI is InChI=1S/C21H32N2O2/c1-2-3-4-5-20(25)23-11-9-17-12-16(6-7-19(17)14-23)18-8-10-21(22,13-18)15-24/h6-7,12,18,24H,2-5,8-11,13-15,22H2,1H3. The van der Waals surface area contributed by atoms with Crippen LogP contribution in [-0.2, 0) is 17.8 Å². The third kappa shape index (κ3) is 4.24. The second-order valence-electron chi connectivity index (χ2n) is 8.01. The Balaban J connectivity index is 1.63. The predicted molar refractivity (Wildman–Crippen MR) is 100 cm³/mol. The third-order valence-corrected chi connectivity index (χ3v) is 6.02. The predicted octanol–water partition coefficient (Wildman–Crippen LogP) is 3.11. The fourth-order valence-corrected chi connectivity index (χ4v) is 4.31.